The quantitative estimate of drug-likeness (QED) is 0.663. The third-order valence-corrected chi connectivity index (χ3v) is 5.35. The number of aliphatic hydroxyl groups is 1. The average Bonchev–Trinajstić information content (AvgIpc) is 2.87. The third kappa shape index (κ3) is 3.97. The predicted molar refractivity (Wildman–Crippen MR) is 95.8 cm³/mol. The lowest BCUT2D eigenvalue weighted by atomic mass is 10.0. The molecule has 0 aliphatic carbocycles. The van der Waals surface area contributed by atoms with Crippen LogP contribution in [-0.4, -0.2) is 38.1 Å². The second-order valence-electron chi connectivity index (χ2n) is 5.43. The number of amides is 1. The normalized spacial score (nSPS) is 21.3. The number of thioether (sulfide) groups is 1. The van der Waals surface area contributed by atoms with E-state index in [2.05, 4.69) is 12.1 Å². The Morgan fingerprint density at radius 3 is 2.82 bits per heavy atom. The van der Waals surface area contributed by atoms with Crippen LogP contribution in [0.25, 0.3) is 0 Å². The van der Waals surface area contributed by atoms with Gasteiger partial charge in [-0.3, -0.25) is 9.69 Å². The first-order valence-corrected chi connectivity index (χ1v) is 8.78. The zero-order chi connectivity index (χ0) is 16.1. The molecule has 1 aliphatic rings. The summed E-state index contributed by atoms with van der Waals surface area (Å²) in [5.41, 5.74) is 1.19. The monoisotopic (exact) mass is 335 g/mol. The summed E-state index contributed by atoms with van der Waals surface area (Å²) >= 11 is 6.89. The number of nitrogens with zero attached hydrogens (tertiary/aromatic N) is 1. The van der Waals surface area contributed by atoms with Crippen LogP contribution in [0, 0.1) is 5.92 Å². The maximum atomic E-state index is 12.7. The lowest BCUT2D eigenvalue weighted by molar-refractivity contribution is -0.134. The molecule has 1 saturated heterocycles. The van der Waals surface area contributed by atoms with E-state index in [-0.39, 0.29) is 11.9 Å². The molecule has 1 aromatic rings. The first-order valence-electron chi connectivity index (χ1n) is 7.39. The molecule has 1 heterocycles. The summed E-state index contributed by atoms with van der Waals surface area (Å²) in [6.07, 6.45) is 3.41. The molecule has 3 atom stereocenters. The largest absolute Gasteiger partial charge is 0.388 e. The van der Waals surface area contributed by atoms with Crippen LogP contribution < -0.4 is 0 Å². The fourth-order valence-corrected chi connectivity index (χ4v) is 3.92. The van der Waals surface area contributed by atoms with Crippen molar-refractivity contribution in [2.45, 2.75) is 32.4 Å². The molecule has 0 bridgehead atoms. The Labute approximate surface area is 141 Å². The molecule has 1 amide bonds. The Bertz CT molecular complexity index is 559. The third-order valence-electron chi connectivity index (χ3n) is 3.80. The Kier molecular flexibility index (Phi) is 6.17. The van der Waals surface area contributed by atoms with Gasteiger partial charge >= 0.3 is 0 Å². The standard InChI is InChI=1S/C17H21NO2S2/c1-3-7-15(19)12(2)16(20)18-14(11-22-17(18)21)10-13-8-5-4-6-9-13/h3-9,12,14-15,19H,10-11H2,1-2H3/b7-3+/t12-,14+,15+/m1/s1. The molecule has 5 heteroatoms. The second kappa shape index (κ2) is 7.90. The number of rotatable bonds is 5. The minimum Gasteiger partial charge on any atom is -0.388 e. The summed E-state index contributed by atoms with van der Waals surface area (Å²) in [5, 5.41) is 10.0. The molecular formula is C17H21NO2S2. The van der Waals surface area contributed by atoms with Crippen LogP contribution in [-0.2, 0) is 11.2 Å². The lowest BCUT2D eigenvalue weighted by Crippen LogP contribution is -2.45. The highest BCUT2D eigenvalue weighted by atomic mass is 32.2. The van der Waals surface area contributed by atoms with E-state index in [4.69, 9.17) is 12.2 Å². The van der Waals surface area contributed by atoms with Crippen molar-refractivity contribution in [3.05, 3.63) is 48.0 Å². The maximum Gasteiger partial charge on any atom is 0.234 e. The topological polar surface area (TPSA) is 40.5 Å². The van der Waals surface area contributed by atoms with Crippen LogP contribution in [0.3, 0.4) is 0 Å². The number of hydrogen-bond donors (Lipinski definition) is 1. The summed E-state index contributed by atoms with van der Waals surface area (Å²) < 4.78 is 0.616. The summed E-state index contributed by atoms with van der Waals surface area (Å²) in [6.45, 7) is 3.58. The summed E-state index contributed by atoms with van der Waals surface area (Å²) in [5.74, 6) is 0.221. The van der Waals surface area contributed by atoms with E-state index in [1.807, 2.05) is 25.1 Å². The van der Waals surface area contributed by atoms with E-state index in [0.717, 1.165) is 12.2 Å². The van der Waals surface area contributed by atoms with E-state index in [0.29, 0.717) is 4.32 Å². The smallest absolute Gasteiger partial charge is 0.234 e. The summed E-state index contributed by atoms with van der Waals surface area (Å²) in [4.78, 5) is 14.4. The van der Waals surface area contributed by atoms with Gasteiger partial charge < -0.3 is 5.11 Å². The van der Waals surface area contributed by atoms with Gasteiger partial charge in [-0.1, -0.05) is 73.4 Å². The fourth-order valence-electron chi connectivity index (χ4n) is 2.50. The van der Waals surface area contributed by atoms with Crippen molar-refractivity contribution >= 4 is 34.2 Å². The van der Waals surface area contributed by atoms with Crippen molar-refractivity contribution in [3.8, 4) is 0 Å². The minimum atomic E-state index is -0.775. The number of aliphatic hydroxyl groups excluding tert-OH is 1. The predicted octanol–water partition coefficient (Wildman–Crippen LogP) is 3.03. The van der Waals surface area contributed by atoms with Gasteiger partial charge in [0.1, 0.15) is 4.32 Å². The van der Waals surface area contributed by atoms with Gasteiger partial charge in [-0.05, 0) is 18.9 Å². The number of hydrogen-bond acceptors (Lipinski definition) is 4. The highest BCUT2D eigenvalue weighted by Crippen LogP contribution is 2.29. The van der Waals surface area contributed by atoms with Gasteiger partial charge in [-0.15, -0.1) is 0 Å². The van der Waals surface area contributed by atoms with E-state index in [1.165, 1.54) is 5.56 Å². The zero-order valence-corrected chi connectivity index (χ0v) is 14.4. The molecule has 3 nitrogen and oxygen atoms in total. The molecular weight excluding hydrogens is 314 g/mol. The molecule has 2 rings (SSSR count). The van der Waals surface area contributed by atoms with Crippen LogP contribution in [0.5, 0.6) is 0 Å². The second-order valence-corrected chi connectivity index (χ2v) is 7.09. The number of carbonyl (C=O) groups excluding carboxylic acids is 1. The van der Waals surface area contributed by atoms with Gasteiger partial charge in [0.25, 0.3) is 0 Å². The Hall–Kier alpha value is -1.17. The van der Waals surface area contributed by atoms with Crippen LogP contribution in [0.1, 0.15) is 19.4 Å². The van der Waals surface area contributed by atoms with Crippen molar-refractivity contribution in [1.82, 2.24) is 4.90 Å². The molecule has 0 aromatic heterocycles. The molecule has 1 fully saturated rings. The van der Waals surface area contributed by atoms with Crippen LogP contribution in [0.4, 0.5) is 0 Å². The summed E-state index contributed by atoms with van der Waals surface area (Å²) in [7, 11) is 0. The number of thiocarbonyl (C=S) groups is 1. The van der Waals surface area contributed by atoms with Gasteiger partial charge in [0, 0.05) is 5.75 Å². The molecule has 1 aliphatic heterocycles. The first kappa shape index (κ1) is 17.2. The summed E-state index contributed by atoms with van der Waals surface area (Å²) in [6, 6.07) is 10.2. The van der Waals surface area contributed by atoms with Crippen LogP contribution in [0.2, 0.25) is 0 Å². The lowest BCUT2D eigenvalue weighted by Gasteiger charge is -2.27. The molecule has 1 N–H and O–H groups in total. The van der Waals surface area contributed by atoms with Gasteiger partial charge in [-0.2, -0.15) is 0 Å². The molecule has 22 heavy (non-hydrogen) atoms. The van der Waals surface area contributed by atoms with E-state index in [1.54, 1.807) is 35.7 Å². The Morgan fingerprint density at radius 2 is 2.18 bits per heavy atom. The molecule has 1 aromatic carbocycles. The molecule has 0 unspecified atom stereocenters. The van der Waals surface area contributed by atoms with Crippen molar-refractivity contribution < 1.29 is 9.90 Å². The average molecular weight is 335 g/mol. The zero-order valence-electron chi connectivity index (χ0n) is 12.8. The molecule has 118 valence electrons. The number of allylic oxidation sites excluding steroid dienone is 1. The van der Waals surface area contributed by atoms with Crippen LogP contribution in [0.15, 0.2) is 42.5 Å². The van der Waals surface area contributed by atoms with Crippen molar-refractivity contribution in [2.75, 3.05) is 5.75 Å². The van der Waals surface area contributed by atoms with E-state index >= 15 is 0 Å². The Morgan fingerprint density at radius 1 is 1.50 bits per heavy atom. The maximum absolute atomic E-state index is 12.7. The van der Waals surface area contributed by atoms with Crippen molar-refractivity contribution in [2.24, 2.45) is 5.92 Å². The first-order chi connectivity index (χ1) is 10.5. The SMILES string of the molecule is C/C=C/[C@H](O)[C@@H](C)C(=O)N1C(=S)SC[C@@H]1Cc1ccccc1. The van der Waals surface area contributed by atoms with Crippen molar-refractivity contribution in [3.63, 3.8) is 0 Å². The number of carbonyl (C=O) groups is 1. The fraction of sp³-hybridized carbons (Fsp3) is 0.412. The van der Waals surface area contributed by atoms with Gasteiger partial charge in [0.2, 0.25) is 5.91 Å². The molecule has 0 saturated carbocycles. The Balaban J connectivity index is 2.12. The highest BCUT2D eigenvalue weighted by molar-refractivity contribution is 8.23. The minimum absolute atomic E-state index is 0.0626. The number of benzene rings is 1. The van der Waals surface area contributed by atoms with Gasteiger partial charge in [0.15, 0.2) is 0 Å². The van der Waals surface area contributed by atoms with E-state index < -0.39 is 12.0 Å². The van der Waals surface area contributed by atoms with Gasteiger partial charge in [0.05, 0.1) is 18.1 Å². The van der Waals surface area contributed by atoms with E-state index in [9.17, 15) is 9.90 Å². The highest BCUT2D eigenvalue weighted by Gasteiger charge is 2.37. The molecule has 0 spiro atoms. The van der Waals surface area contributed by atoms with Crippen molar-refractivity contribution in [1.29, 1.82) is 0 Å². The molecule has 0 radical (unpaired) electrons. The van der Waals surface area contributed by atoms with Crippen LogP contribution >= 0.6 is 24.0 Å². The van der Waals surface area contributed by atoms with Gasteiger partial charge in [-0.25, -0.2) is 0 Å².